The summed E-state index contributed by atoms with van der Waals surface area (Å²) in [5.41, 5.74) is 1.05. The van der Waals surface area contributed by atoms with E-state index in [1.807, 2.05) is 18.2 Å². The van der Waals surface area contributed by atoms with Gasteiger partial charge in [0.2, 0.25) is 0 Å². The van der Waals surface area contributed by atoms with Crippen LogP contribution in [0.4, 0.5) is 0 Å². The lowest BCUT2D eigenvalue weighted by atomic mass is 9.95. The molecule has 2 unspecified atom stereocenters. The fraction of sp³-hybridized carbons (Fsp3) is 0.571. The predicted octanol–water partition coefficient (Wildman–Crippen LogP) is 2.44. The molecule has 1 aromatic rings. The Hall–Kier alpha value is -0.770. The van der Waals surface area contributed by atoms with Gasteiger partial charge in [-0.25, -0.2) is 0 Å². The minimum absolute atomic E-state index is 0.548. The molecular formula is C14H21ClN2O. The van der Waals surface area contributed by atoms with Gasteiger partial charge in [-0.15, -0.1) is 0 Å². The second-order valence-electron chi connectivity index (χ2n) is 4.88. The van der Waals surface area contributed by atoms with Crippen molar-refractivity contribution < 1.29 is 4.74 Å². The second kappa shape index (κ2) is 6.41. The lowest BCUT2D eigenvalue weighted by molar-refractivity contribution is 0.294. The zero-order valence-corrected chi connectivity index (χ0v) is 11.8. The first-order valence-electron chi connectivity index (χ1n) is 6.48. The third-order valence-corrected chi connectivity index (χ3v) is 3.98. The maximum atomic E-state index is 6.23. The summed E-state index contributed by atoms with van der Waals surface area (Å²) in [6.07, 6.45) is 1.16. The van der Waals surface area contributed by atoms with Gasteiger partial charge in [0.05, 0.1) is 7.11 Å². The summed E-state index contributed by atoms with van der Waals surface area (Å²) in [6, 6.07) is 6.33. The van der Waals surface area contributed by atoms with Gasteiger partial charge in [-0.05, 0) is 37.6 Å². The standard InChI is InChI=1S/C14H21ClN2O/c1-10-8-16-7-6-13(10)17-9-11-12(15)4-3-5-14(11)18-2/h3-5,10,13,16-17H,6-9H2,1-2H3. The van der Waals surface area contributed by atoms with Gasteiger partial charge < -0.3 is 15.4 Å². The molecule has 1 fully saturated rings. The van der Waals surface area contributed by atoms with Crippen LogP contribution in [-0.4, -0.2) is 26.2 Å². The van der Waals surface area contributed by atoms with Crippen LogP contribution in [0.25, 0.3) is 0 Å². The Labute approximate surface area is 114 Å². The van der Waals surface area contributed by atoms with E-state index in [2.05, 4.69) is 17.6 Å². The number of hydrogen-bond acceptors (Lipinski definition) is 3. The molecule has 1 heterocycles. The highest BCUT2D eigenvalue weighted by Gasteiger charge is 2.21. The molecule has 0 amide bonds. The number of rotatable bonds is 4. The normalized spacial score (nSPS) is 23.9. The van der Waals surface area contributed by atoms with Crippen molar-refractivity contribution in [2.75, 3.05) is 20.2 Å². The first kappa shape index (κ1) is 13.7. The number of methoxy groups -OCH3 is 1. The summed E-state index contributed by atoms with van der Waals surface area (Å²) in [6.45, 7) is 5.20. The highest BCUT2D eigenvalue weighted by molar-refractivity contribution is 6.31. The molecule has 4 heteroatoms. The van der Waals surface area contributed by atoms with E-state index < -0.39 is 0 Å². The molecule has 2 N–H and O–H groups in total. The van der Waals surface area contributed by atoms with Gasteiger partial charge in [0.15, 0.2) is 0 Å². The van der Waals surface area contributed by atoms with Gasteiger partial charge in [-0.3, -0.25) is 0 Å². The van der Waals surface area contributed by atoms with Crippen LogP contribution in [0.3, 0.4) is 0 Å². The van der Waals surface area contributed by atoms with Crippen LogP contribution in [0.2, 0.25) is 5.02 Å². The van der Waals surface area contributed by atoms with Gasteiger partial charge in [0.25, 0.3) is 0 Å². The highest BCUT2D eigenvalue weighted by Crippen LogP contribution is 2.26. The molecule has 0 saturated carbocycles. The van der Waals surface area contributed by atoms with Gasteiger partial charge in [-0.2, -0.15) is 0 Å². The molecule has 0 aliphatic carbocycles. The topological polar surface area (TPSA) is 33.3 Å². The quantitative estimate of drug-likeness (QED) is 0.880. The van der Waals surface area contributed by atoms with E-state index in [0.29, 0.717) is 12.0 Å². The van der Waals surface area contributed by atoms with E-state index in [9.17, 15) is 0 Å². The first-order valence-corrected chi connectivity index (χ1v) is 6.85. The monoisotopic (exact) mass is 268 g/mol. The van der Waals surface area contributed by atoms with Crippen molar-refractivity contribution in [2.45, 2.75) is 25.9 Å². The Morgan fingerprint density at radius 2 is 2.33 bits per heavy atom. The summed E-state index contributed by atoms with van der Waals surface area (Å²) in [4.78, 5) is 0. The van der Waals surface area contributed by atoms with Gasteiger partial charge >= 0.3 is 0 Å². The number of hydrogen-bond donors (Lipinski definition) is 2. The molecule has 0 aromatic heterocycles. The van der Waals surface area contributed by atoms with E-state index in [-0.39, 0.29) is 0 Å². The Bertz CT molecular complexity index is 397. The Morgan fingerprint density at radius 3 is 3.06 bits per heavy atom. The summed E-state index contributed by atoms with van der Waals surface area (Å²) in [5, 5.41) is 7.77. The molecule has 1 aliphatic heterocycles. The van der Waals surface area contributed by atoms with Crippen LogP contribution in [0, 0.1) is 5.92 Å². The molecule has 1 aromatic carbocycles. The van der Waals surface area contributed by atoms with Crippen molar-refractivity contribution in [3.63, 3.8) is 0 Å². The zero-order valence-electron chi connectivity index (χ0n) is 11.0. The maximum Gasteiger partial charge on any atom is 0.124 e. The van der Waals surface area contributed by atoms with Crippen LogP contribution >= 0.6 is 11.6 Å². The molecule has 18 heavy (non-hydrogen) atoms. The minimum Gasteiger partial charge on any atom is -0.496 e. The van der Waals surface area contributed by atoms with Crippen molar-refractivity contribution in [3.8, 4) is 5.75 Å². The molecule has 0 spiro atoms. The molecule has 1 saturated heterocycles. The average Bonchev–Trinajstić information content (AvgIpc) is 2.39. The third kappa shape index (κ3) is 3.16. The van der Waals surface area contributed by atoms with E-state index >= 15 is 0 Å². The lowest BCUT2D eigenvalue weighted by Crippen LogP contribution is -2.46. The van der Waals surface area contributed by atoms with Gasteiger partial charge in [0.1, 0.15) is 5.75 Å². The second-order valence-corrected chi connectivity index (χ2v) is 5.29. The van der Waals surface area contributed by atoms with E-state index in [4.69, 9.17) is 16.3 Å². The molecule has 3 nitrogen and oxygen atoms in total. The molecule has 0 bridgehead atoms. The number of piperidine rings is 1. The maximum absolute atomic E-state index is 6.23. The molecule has 2 rings (SSSR count). The Morgan fingerprint density at radius 1 is 1.50 bits per heavy atom. The predicted molar refractivity (Wildman–Crippen MR) is 75.3 cm³/mol. The number of halogens is 1. The van der Waals surface area contributed by atoms with Crippen LogP contribution in [0.15, 0.2) is 18.2 Å². The molecular weight excluding hydrogens is 248 g/mol. The average molecular weight is 269 g/mol. The molecule has 1 aliphatic rings. The number of nitrogens with one attached hydrogen (secondary N) is 2. The minimum atomic E-state index is 0.548. The molecule has 100 valence electrons. The summed E-state index contributed by atoms with van der Waals surface area (Å²) in [5.74, 6) is 1.50. The van der Waals surface area contributed by atoms with Crippen molar-refractivity contribution in [1.82, 2.24) is 10.6 Å². The first-order chi connectivity index (χ1) is 8.72. The van der Waals surface area contributed by atoms with Crippen LogP contribution < -0.4 is 15.4 Å². The summed E-state index contributed by atoms with van der Waals surface area (Å²) in [7, 11) is 1.68. The SMILES string of the molecule is COc1cccc(Cl)c1CNC1CCNCC1C. The third-order valence-electron chi connectivity index (χ3n) is 3.62. The molecule has 2 atom stereocenters. The van der Waals surface area contributed by atoms with Crippen LogP contribution in [0.5, 0.6) is 5.75 Å². The zero-order chi connectivity index (χ0) is 13.0. The Kier molecular flexibility index (Phi) is 4.87. The van der Waals surface area contributed by atoms with E-state index in [1.165, 1.54) is 0 Å². The fourth-order valence-corrected chi connectivity index (χ4v) is 2.68. The number of ether oxygens (including phenoxy) is 1. The largest absolute Gasteiger partial charge is 0.496 e. The number of benzene rings is 1. The summed E-state index contributed by atoms with van der Waals surface area (Å²) < 4.78 is 5.36. The lowest BCUT2D eigenvalue weighted by Gasteiger charge is -2.30. The van der Waals surface area contributed by atoms with Crippen molar-refractivity contribution in [2.24, 2.45) is 5.92 Å². The summed E-state index contributed by atoms with van der Waals surface area (Å²) >= 11 is 6.23. The van der Waals surface area contributed by atoms with Crippen LogP contribution in [0.1, 0.15) is 18.9 Å². The van der Waals surface area contributed by atoms with Crippen molar-refractivity contribution >= 4 is 11.6 Å². The van der Waals surface area contributed by atoms with E-state index in [0.717, 1.165) is 42.4 Å². The fourth-order valence-electron chi connectivity index (χ4n) is 2.45. The van der Waals surface area contributed by atoms with Gasteiger partial charge in [0, 0.05) is 23.2 Å². The smallest absolute Gasteiger partial charge is 0.124 e. The van der Waals surface area contributed by atoms with Crippen molar-refractivity contribution in [1.29, 1.82) is 0 Å². The van der Waals surface area contributed by atoms with Crippen LogP contribution in [-0.2, 0) is 6.54 Å². The van der Waals surface area contributed by atoms with Gasteiger partial charge in [-0.1, -0.05) is 24.6 Å². The highest BCUT2D eigenvalue weighted by atomic mass is 35.5. The van der Waals surface area contributed by atoms with E-state index in [1.54, 1.807) is 7.11 Å². The molecule has 0 radical (unpaired) electrons. The van der Waals surface area contributed by atoms with Crippen molar-refractivity contribution in [3.05, 3.63) is 28.8 Å². The Balaban J connectivity index is 2.01.